The van der Waals surface area contributed by atoms with Gasteiger partial charge in [-0.1, -0.05) is 23.8 Å². The molecule has 0 saturated carbocycles. The summed E-state index contributed by atoms with van der Waals surface area (Å²) >= 11 is -3.17. The Morgan fingerprint density at radius 2 is 2.08 bits per heavy atom. The van der Waals surface area contributed by atoms with Crippen molar-refractivity contribution < 1.29 is 17.5 Å². The van der Waals surface area contributed by atoms with Gasteiger partial charge in [0.1, 0.15) is 0 Å². The van der Waals surface area contributed by atoms with Gasteiger partial charge in [0, 0.05) is 5.56 Å². The van der Waals surface area contributed by atoms with Crippen LogP contribution >= 0.6 is 0 Å². The minimum absolute atomic E-state index is 0.437. The molecule has 0 heterocycles. The second kappa shape index (κ2) is 3.51. The fourth-order valence-corrected chi connectivity index (χ4v) is 1.26. The smallest absolute Gasteiger partial charge is 0.301 e. The number of halogens is 2. The van der Waals surface area contributed by atoms with Crippen molar-refractivity contribution in [2.45, 2.75) is 12.2 Å². The Bertz CT molecular complexity index is 339. The number of rotatable bonds is 2. The third kappa shape index (κ3) is 2.10. The minimum atomic E-state index is -3.69. The molecule has 1 unspecified atom stereocenters. The molecule has 0 amide bonds. The van der Waals surface area contributed by atoms with Gasteiger partial charge in [-0.05, 0) is 13.0 Å². The number of hydrogen-bond acceptors (Lipinski definition) is 1. The van der Waals surface area contributed by atoms with Crippen LogP contribution in [-0.2, 0) is 16.3 Å². The average Bonchev–Trinajstić information content (AvgIpc) is 2.04. The molecule has 0 bridgehead atoms. The van der Waals surface area contributed by atoms with E-state index in [1.807, 2.05) is 0 Å². The molecule has 1 aromatic carbocycles. The highest BCUT2D eigenvalue weighted by Gasteiger charge is 2.38. The molecule has 1 N–H and O–H groups in total. The predicted octanol–water partition coefficient (Wildman–Crippen LogP) is 2.27. The summed E-state index contributed by atoms with van der Waals surface area (Å²) in [6, 6.07) is 5.38. The maximum atomic E-state index is 12.9. The standard InChI is InChI=1S/C8H8F2O2S/c1-6-3-2-4-7(5-6)8(9,10)13(11)12/h2-5H,1H3,(H,11,12). The summed E-state index contributed by atoms with van der Waals surface area (Å²) < 4.78 is 44.5. The molecule has 0 aliphatic carbocycles. The van der Waals surface area contributed by atoms with E-state index >= 15 is 0 Å². The van der Waals surface area contributed by atoms with Crippen molar-refractivity contribution >= 4 is 11.1 Å². The van der Waals surface area contributed by atoms with Crippen molar-refractivity contribution in [2.75, 3.05) is 0 Å². The quantitative estimate of drug-likeness (QED) is 0.753. The maximum Gasteiger partial charge on any atom is 0.370 e. The van der Waals surface area contributed by atoms with Crippen molar-refractivity contribution in [1.29, 1.82) is 0 Å². The molecule has 72 valence electrons. The molecule has 1 atom stereocenters. The van der Waals surface area contributed by atoms with Gasteiger partial charge in [-0.2, -0.15) is 8.78 Å². The molecular weight excluding hydrogens is 198 g/mol. The zero-order valence-corrected chi connectivity index (χ0v) is 7.65. The Morgan fingerprint density at radius 1 is 1.46 bits per heavy atom. The highest BCUT2D eigenvalue weighted by Crippen LogP contribution is 2.30. The van der Waals surface area contributed by atoms with Gasteiger partial charge in [-0.25, -0.2) is 4.21 Å². The first-order chi connectivity index (χ1) is 5.94. The van der Waals surface area contributed by atoms with Gasteiger partial charge in [0.2, 0.25) is 11.1 Å². The second-order valence-corrected chi connectivity index (χ2v) is 3.65. The first-order valence-electron chi connectivity index (χ1n) is 3.50. The SMILES string of the molecule is Cc1cccc(C(F)(F)S(=O)O)c1. The van der Waals surface area contributed by atoms with E-state index in [9.17, 15) is 13.0 Å². The van der Waals surface area contributed by atoms with Gasteiger partial charge >= 0.3 is 5.25 Å². The van der Waals surface area contributed by atoms with E-state index in [1.54, 1.807) is 13.0 Å². The van der Waals surface area contributed by atoms with E-state index in [2.05, 4.69) is 0 Å². The average molecular weight is 206 g/mol. The Balaban J connectivity index is 3.14. The van der Waals surface area contributed by atoms with Crippen LogP contribution in [0.5, 0.6) is 0 Å². The highest BCUT2D eigenvalue weighted by atomic mass is 32.2. The molecule has 0 spiro atoms. The van der Waals surface area contributed by atoms with Crippen LogP contribution in [0.3, 0.4) is 0 Å². The largest absolute Gasteiger partial charge is 0.370 e. The number of alkyl halides is 2. The summed E-state index contributed by atoms with van der Waals surface area (Å²) in [5.74, 6) is 0. The van der Waals surface area contributed by atoms with Crippen molar-refractivity contribution in [3.63, 3.8) is 0 Å². The van der Waals surface area contributed by atoms with E-state index < -0.39 is 21.9 Å². The van der Waals surface area contributed by atoms with Gasteiger partial charge < -0.3 is 4.55 Å². The molecule has 0 saturated heterocycles. The summed E-state index contributed by atoms with van der Waals surface area (Å²) in [5, 5.41) is -3.69. The molecular formula is C8H8F2O2S. The highest BCUT2D eigenvalue weighted by molar-refractivity contribution is 7.79. The van der Waals surface area contributed by atoms with Crippen molar-refractivity contribution in [1.82, 2.24) is 0 Å². The van der Waals surface area contributed by atoms with Gasteiger partial charge in [0.15, 0.2) is 0 Å². The lowest BCUT2D eigenvalue weighted by atomic mass is 10.1. The van der Waals surface area contributed by atoms with E-state index in [-0.39, 0.29) is 0 Å². The van der Waals surface area contributed by atoms with Gasteiger partial charge in [-0.3, -0.25) is 0 Å². The lowest BCUT2D eigenvalue weighted by molar-refractivity contribution is 0.0886. The van der Waals surface area contributed by atoms with Crippen LogP contribution in [0.25, 0.3) is 0 Å². The van der Waals surface area contributed by atoms with Crippen molar-refractivity contribution in [2.24, 2.45) is 0 Å². The fraction of sp³-hybridized carbons (Fsp3) is 0.250. The van der Waals surface area contributed by atoms with Crippen LogP contribution in [0.2, 0.25) is 0 Å². The third-order valence-electron chi connectivity index (χ3n) is 1.57. The van der Waals surface area contributed by atoms with Crippen molar-refractivity contribution in [3.8, 4) is 0 Å². The Labute approximate surface area is 76.9 Å². The second-order valence-electron chi connectivity index (χ2n) is 2.64. The monoisotopic (exact) mass is 206 g/mol. The lowest BCUT2D eigenvalue weighted by Crippen LogP contribution is -2.19. The zero-order chi connectivity index (χ0) is 10.1. The first kappa shape index (κ1) is 10.3. The molecule has 1 aromatic rings. The normalized spacial score (nSPS) is 14.2. The van der Waals surface area contributed by atoms with Crippen LogP contribution in [0.4, 0.5) is 8.78 Å². The molecule has 5 heteroatoms. The molecule has 2 nitrogen and oxygen atoms in total. The van der Waals surface area contributed by atoms with Crippen LogP contribution in [0, 0.1) is 6.92 Å². The molecule has 0 aliphatic heterocycles. The summed E-state index contributed by atoms with van der Waals surface area (Å²) in [6.07, 6.45) is 0. The Morgan fingerprint density at radius 3 is 2.54 bits per heavy atom. The molecule has 0 aromatic heterocycles. The van der Waals surface area contributed by atoms with Crippen LogP contribution < -0.4 is 0 Å². The Hall–Kier alpha value is -0.810. The van der Waals surface area contributed by atoms with E-state index in [4.69, 9.17) is 4.55 Å². The predicted molar refractivity (Wildman–Crippen MR) is 45.8 cm³/mol. The topological polar surface area (TPSA) is 37.3 Å². The van der Waals surface area contributed by atoms with Gasteiger partial charge in [0.05, 0.1) is 0 Å². The number of benzene rings is 1. The number of aryl methyl sites for hydroxylation is 1. The molecule has 13 heavy (non-hydrogen) atoms. The maximum absolute atomic E-state index is 12.9. The van der Waals surface area contributed by atoms with Crippen LogP contribution in [0.1, 0.15) is 11.1 Å². The summed E-state index contributed by atoms with van der Waals surface area (Å²) in [6.45, 7) is 1.64. The summed E-state index contributed by atoms with van der Waals surface area (Å²) in [4.78, 5) is 0. The lowest BCUT2D eigenvalue weighted by Gasteiger charge is -2.12. The van der Waals surface area contributed by atoms with Gasteiger partial charge in [-0.15, -0.1) is 0 Å². The van der Waals surface area contributed by atoms with E-state index in [0.29, 0.717) is 5.56 Å². The summed E-state index contributed by atoms with van der Waals surface area (Å²) in [7, 11) is 0. The van der Waals surface area contributed by atoms with Crippen LogP contribution in [-0.4, -0.2) is 8.76 Å². The fourth-order valence-electron chi connectivity index (χ4n) is 0.927. The molecule has 0 radical (unpaired) electrons. The Kier molecular flexibility index (Phi) is 2.77. The minimum Gasteiger partial charge on any atom is -0.301 e. The molecule has 0 aliphatic rings. The van der Waals surface area contributed by atoms with Crippen molar-refractivity contribution in [3.05, 3.63) is 35.4 Å². The zero-order valence-electron chi connectivity index (χ0n) is 6.83. The molecule has 0 fully saturated rings. The number of hydrogen-bond donors (Lipinski definition) is 1. The third-order valence-corrected chi connectivity index (χ3v) is 2.25. The van der Waals surface area contributed by atoms with Gasteiger partial charge in [0.25, 0.3) is 0 Å². The molecule has 1 rings (SSSR count). The van der Waals surface area contributed by atoms with E-state index in [1.165, 1.54) is 12.1 Å². The van der Waals surface area contributed by atoms with Crippen LogP contribution in [0.15, 0.2) is 24.3 Å². The van der Waals surface area contributed by atoms with E-state index in [0.717, 1.165) is 6.07 Å². The first-order valence-corrected chi connectivity index (χ1v) is 4.61. The summed E-state index contributed by atoms with van der Waals surface area (Å²) in [5.41, 5.74) is 0.191.